The van der Waals surface area contributed by atoms with Gasteiger partial charge in [0.15, 0.2) is 0 Å². The van der Waals surface area contributed by atoms with Crippen molar-refractivity contribution in [3.05, 3.63) is 24.3 Å². The molecule has 1 aliphatic rings. The monoisotopic (exact) mass is 262 g/mol. The fourth-order valence-corrected chi connectivity index (χ4v) is 2.12. The van der Waals surface area contributed by atoms with E-state index in [1.54, 1.807) is 18.5 Å². The Morgan fingerprint density at radius 3 is 2.68 bits per heavy atom. The molecule has 1 aromatic rings. The quantitative estimate of drug-likeness (QED) is 0.849. The molecule has 0 saturated carbocycles. The Morgan fingerprint density at radius 1 is 1.37 bits per heavy atom. The maximum atomic E-state index is 12.3. The molecule has 6 nitrogen and oxygen atoms in total. The molecule has 0 spiro atoms. The Kier molecular flexibility index (Phi) is 4.09. The van der Waals surface area contributed by atoms with Crippen LogP contribution in [0.4, 0.5) is 0 Å². The van der Waals surface area contributed by atoms with Gasteiger partial charge in [0.05, 0.1) is 6.54 Å². The molecule has 2 amide bonds. The number of piperazine rings is 1. The Balaban J connectivity index is 2.07. The van der Waals surface area contributed by atoms with E-state index >= 15 is 0 Å². The summed E-state index contributed by atoms with van der Waals surface area (Å²) in [7, 11) is 0. The fraction of sp³-hybridized carbons (Fsp3) is 0.538. The fourth-order valence-electron chi connectivity index (χ4n) is 2.12. The summed E-state index contributed by atoms with van der Waals surface area (Å²) in [5.41, 5.74) is 0. The van der Waals surface area contributed by atoms with Crippen LogP contribution in [-0.2, 0) is 16.1 Å². The first kappa shape index (κ1) is 13.5. The van der Waals surface area contributed by atoms with E-state index < -0.39 is 6.04 Å². The number of amides is 2. The van der Waals surface area contributed by atoms with E-state index in [4.69, 9.17) is 0 Å². The lowest BCUT2D eigenvalue weighted by Crippen LogP contribution is -2.58. The van der Waals surface area contributed by atoms with E-state index in [0.29, 0.717) is 18.2 Å². The maximum Gasteiger partial charge on any atom is 0.246 e. The Hall–Kier alpha value is -1.98. The van der Waals surface area contributed by atoms with Gasteiger partial charge in [-0.15, -0.1) is 0 Å². The van der Waals surface area contributed by atoms with Crippen molar-refractivity contribution in [3.63, 3.8) is 0 Å². The van der Waals surface area contributed by atoms with Crippen molar-refractivity contribution in [2.75, 3.05) is 6.54 Å². The lowest BCUT2D eigenvalue weighted by atomic mass is 10.0. The largest absolute Gasteiger partial charge is 0.343 e. The van der Waals surface area contributed by atoms with Crippen molar-refractivity contribution in [2.45, 2.75) is 32.9 Å². The van der Waals surface area contributed by atoms with Crippen molar-refractivity contribution in [1.29, 1.82) is 0 Å². The smallest absolute Gasteiger partial charge is 0.246 e. The minimum Gasteiger partial charge on any atom is -0.343 e. The van der Waals surface area contributed by atoms with Crippen LogP contribution in [-0.4, -0.2) is 39.3 Å². The number of carbonyl (C=O) groups is 2. The number of carbonyl (C=O) groups excluding carboxylic acids is 2. The summed E-state index contributed by atoms with van der Waals surface area (Å²) in [6.45, 7) is 4.41. The molecular weight excluding hydrogens is 244 g/mol. The minimum absolute atomic E-state index is 0.0549. The van der Waals surface area contributed by atoms with Crippen LogP contribution in [0, 0.1) is 5.92 Å². The predicted molar refractivity (Wildman–Crippen MR) is 68.8 cm³/mol. The number of rotatable bonds is 4. The molecule has 0 radical (unpaired) electrons. The highest BCUT2D eigenvalue weighted by Gasteiger charge is 2.33. The average molecular weight is 262 g/mol. The molecule has 1 aliphatic heterocycles. The van der Waals surface area contributed by atoms with Crippen LogP contribution in [0.25, 0.3) is 0 Å². The van der Waals surface area contributed by atoms with Crippen molar-refractivity contribution < 1.29 is 9.59 Å². The molecule has 102 valence electrons. The Morgan fingerprint density at radius 2 is 2.05 bits per heavy atom. The van der Waals surface area contributed by atoms with Crippen molar-refractivity contribution in [1.82, 2.24) is 20.2 Å². The second-order valence-electron chi connectivity index (χ2n) is 5.11. The molecule has 19 heavy (non-hydrogen) atoms. The number of aromatic nitrogens is 2. The van der Waals surface area contributed by atoms with Crippen LogP contribution >= 0.6 is 0 Å². The minimum atomic E-state index is -0.426. The molecule has 1 saturated heterocycles. The molecule has 0 aromatic carbocycles. The van der Waals surface area contributed by atoms with Gasteiger partial charge in [0, 0.05) is 12.4 Å². The second-order valence-corrected chi connectivity index (χ2v) is 5.11. The Bertz CT molecular complexity index is 461. The highest BCUT2D eigenvalue weighted by atomic mass is 16.2. The van der Waals surface area contributed by atoms with Gasteiger partial charge in [0.1, 0.15) is 18.4 Å². The molecule has 0 bridgehead atoms. The van der Waals surface area contributed by atoms with Gasteiger partial charge >= 0.3 is 0 Å². The molecule has 1 fully saturated rings. The molecule has 1 atom stereocenters. The van der Waals surface area contributed by atoms with E-state index in [0.717, 1.165) is 0 Å². The summed E-state index contributed by atoms with van der Waals surface area (Å²) in [6.07, 6.45) is 3.90. The zero-order valence-electron chi connectivity index (χ0n) is 11.2. The molecule has 2 heterocycles. The summed E-state index contributed by atoms with van der Waals surface area (Å²) >= 11 is 0. The average Bonchev–Trinajstić information content (AvgIpc) is 2.35. The van der Waals surface area contributed by atoms with Crippen LogP contribution in [0.15, 0.2) is 18.5 Å². The molecule has 1 aromatic heterocycles. The summed E-state index contributed by atoms with van der Waals surface area (Å²) < 4.78 is 0. The summed E-state index contributed by atoms with van der Waals surface area (Å²) in [5, 5.41) is 2.74. The van der Waals surface area contributed by atoms with Gasteiger partial charge in [-0.3, -0.25) is 9.59 Å². The maximum absolute atomic E-state index is 12.3. The van der Waals surface area contributed by atoms with E-state index in [1.807, 2.05) is 13.8 Å². The van der Waals surface area contributed by atoms with E-state index in [2.05, 4.69) is 15.3 Å². The first-order valence-corrected chi connectivity index (χ1v) is 6.40. The van der Waals surface area contributed by atoms with Crippen LogP contribution in [0.3, 0.4) is 0 Å². The van der Waals surface area contributed by atoms with Gasteiger partial charge in [-0.2, -0.15) is 0 Å². The lowest BCUT2D eigenvalue weighted by molar-refractivity contribution is -0.145. The number of nitrogens with zero attached hydrogens (tertiary/aromatic N) is 3. The van der Waals surface area contributed by atoms with Crippen LogP contribution in [0.2, 0.25) is 0 Å². The normalized spacial score (nSPS) is 19.7. The lowest BCUT2D eigenvalue weighted by Gasteiger charge is -2.32. The first-order chi connectivity index (χ1) is 9.06. The number of nitrogens with one attached hydrogen (secondary N) is 1. The summed E-state index contributed by atoms with van der Waals surface area (Å²) in [4.78, 5) is 33.6. The van der Waals surface area contributed by atoms with Gasteiger partial charge in [-0.05, 0) is 18.4 Å². The third kappa shape index (κ3) is 3.49. The first-order valence-electron chi connectivity index (χ1n) is 6.40. The van der Waals surface area contributed by atoms with E-state index in [9.17, 15) is 9.59 Å². The van der Waals surface area contributed by atoms with Gasteiger partial charge < -0.3 is 10.2 Å². The van der Waals surface area contributed by atoms with Crippen LogP contribution in [0.1, 0.15) is 26.1 Å². The third-order valence-electron chi connectivity index (χ3n) is 2.94. The van der Waals surface area contributed by atoms with Crippen LogP contribution < -0.4 is 5.32 Å². The molecule has 6 heteroatoms. The van der Waals surface area contributed by atoms with Gasteiger partial charge in [-0.25, -0.2) is 9.97 Å². The van der Waals surface area contributed by atoms with E-state index in [-0.39, 0.29) is 24.9 Å². The molecule has 1 N–H and O–H groups in total. The summed E-state index contributed by atoms with van der Waals surface area (Å²) in [6, 6.07) is 1.29. The van der Waals surface area contributed by atoms with Gasteiger partial charge in [0.25, 0.3) is 0 Å². The highest BCUT2D eigenvalue weighted by Crippen LogP contribution is 2.13. The highest BCUT2D eigenvalue weighted by molar-refractivity contribution is 5.94. The Labute approximate surface area is 112 Å². The van der Waals surface area contributed by atoms with Gasteiger partial charge in [0.2, 0.25) is 11.8 Å². The van der Waals surface area contributed by atoms with Gasteiger partial charge in [-0.1, -0.05) is 13.8 Å². The molecule has 1 unspecified atom stereocenters. The number of hydrogen-bond acceptors (Lipinski definition) is 4. The number of hydrogen-bond donors (Lipinski definition) is 1. The standard InChI is InChI=1S/C13H18N4O2/c1-9(2)6-10-13(19)17(8-12(18)16-10)7-11-14-4-3-5-15-11/h3-5,9-10H,6-8H2,1-2H3,(H,16,18). The molecular formula is C13H18N4O2. The van der Waals surface area contributed by atoms with Crippen molar-refractivity contribution in [2.24, 2.45) is 5.92 Å². The van der Waals surface area contributed by atoms with E-state index in [1.165, 1.54) is 4.90 Å². The third-order valence-corrected chi connectivity index (χ3v) is 2.94. The second kappa shape index (κ2) is 5.77. The molecule has 2 rings (SSSR count). The molecule has 0 aliphatic carbocycles. The topological polar surface area (TPSA) is 75.2 Å². The predicted octanol–water partition coefficient (Wildman–Crippen LogP) is 0.350. The zero-order valence-corrected chi connectivity index (χ0v) is 11.2. The summed E-state index contributed by atoms with van der Waals surface area (Å²) in [5.74, 6) is 0.720. The van der Waals surface area contributed by atoms with Crippen LogP contribution in [0.5, 0.6) is 0 Å². The zero-order chi connectivity index (χ0) is 13.8. The van der Waals surface area contributed by atoms with Crippen molar-refractivity contribution >= 4 is 11.8 Å². The SMILES string of the molecule is CC(C)CC1NC(=O)CN(Cc2ncccn2)C1=O. The van der Waals surface area contributed by atoms with Crippen molar-refractivity contribution in [3.8, 4) is 0 Å².